The van der Waals surface area contributed by atoms with E-state index >= 15 is 0 Å². The maximum absolute atomic E-state index is 12.6. The standard InChI is InChI=1S/C27H29Cl2NO2/c1-20(2)32-25-14-10-23(11-15-25)26(22-6-4-3-5-7-22)16-17-30(27(31)18-28)19-21-8-12-24(29)13-9-21/h3-15,20,26H,16-19H2,1-2H3. The second-order valence-electron chi connectivity index (χ2n) is 8.06. The minimum absolute atomic E-state index is 0.0369. The Balaban J connectivity index is 1.80. The zero-order valence-electron chi connectivity index (χ0n) is 18.5. The Morgan fingerprint density at radius 1 is 0.906 bits per heavy atom. The Kier molecular flexibility index (Phi) is 9.01. The van der Waals surface area contributed by atoms with E-state index in [1.807, 2.05) is 73.3 Å². The van der Waals surface area contributed by atoms with Crippen LogP contribution in [0.4, 0.5) is 0 Å². The number of benzene rings is 3. The van der Waals surface area contributed by atoms with Gasteiger partial charge in [-0.1, -0.05) is 66.2 Å². The number of alkyl halides is 1. The summed E-state index contributed by atoms with van der Waals surface area (Å²) in [5.74, 6) is 0.900. The number of rotatable bonds is 10. The van der Waals surface area contributed by atoms with Gasteiger partial charge < -0.3 is 9.64 Å². The van der Waals surface area contributed by atoms with E-state index in [0.717, 1.165) is 17.7 Å². The molecule has 0 spiro atoms. The molecule has 1 unspecified atom stereocenters. The summed E-state index contributed by atoms with van der Waals surface area (Å²) in [4.78, 5) is 14.4. The van der Waals surface area contributed by atoms with Crippen LogP contribution in [0.1, 0.15) is 42.9 Å². The summed E-state index contributed by atoms with van der Waals surface area (Å²) >= 11 is 11.9. The summed E-state index contributed by atoms with van der Waals surface area (Å²) in [5, 5.41) is 0.679. The van der Waals surface area contributed by atoms with Crippen molar-refractivity contribution in [1.29, 1.82) is 0 Å². The van der Waals surface area contributed by atoms with E-state index in [-0.39, 0.29) is 23.8 Å². The number of carbonyl (C=O) groups is 1. The van der Waals surface area contributed by atoms with Crippen molar-refractivity contribution in [3.63, 3.8) is 0 Å². The monoisotopic (exact) mass is 469 g/mol. The first-order chi connectivity index (χ1) is 15.5. The van der Waals surface area contributed by atoms with E-state index in [1.54, 1.807) is 0 Å². The fourth-order valence-electron chi connectivity index (χ4n) is 3.73. The van der Waals surface area contributed by atoms with Crippen LogP contribution in [0.15, 0.2) is 78.9 Å². The molecule has 0 fully saturated rings. The lowest BCUT2D eigenvalue weighted by molar-refractivity contribution is -0.129. The molecule has 0 saturated carbocycles. The molecule has 32 heavy (non-hydrogen) atoms. The third-order valence-electron chi connectivity index (χ3n) is 5.30. The molecule has 1 amide bonds. The third-order valence-corrected chi connectivity index (χ3v) is 5.78. The van der Waals surface area contributed by atoms with Gasteiger partial charge in [0.25, 0.3) is 0 Å². The molecule has 168 valence electrons. The molecule has 0 heterocycles. The van der Waals surface area contributed by atoms with Crippen molar-refractivity contribution >= 4 is 29.1 Å². The summed E-state index contributed by atoms with van der Waals surface area (Å²) in [7, 11) is 0. The maximum Gasteiger partial charge on any atom is 0.237 e. The summed E-state index contributed by atoms with van der Waals surface area (Å²) in [6.07, 6.45) is 0.915. The summed E-state index contributed by atoms with van der Waals surface area (Å²) < 4.78 is 5.80. The number of halogens is 2. The van der Waals surface area contributed by atoms with Crippen LogP contribution in [0, 0.1) is 0 Å². The molecule has 0 aliphatic carbocycles. The van der Waals surface area contributed by atoms with Gasteiger partial charge >= 0.3 is 0 Å². The molecule has 3 aromatic rings. The molecule has 0 aromatic heterocycles. The predicted molar refractivity (Wildman–Crippen MR) is 133 cm³/mol. The maximum atomic E-state index is 12.6. The second kappa shape index (κ2) is 11.9. The van der Waals surface area contributed by atoms with Gasteiger partial charge in [-0.25, -0.2) is 0 Å². The molecule has 5 heteroatoms. The zero-order valence-corrected chi connectivity index (χ0v) is 20.0. The molecular weight excluding hydrogens is 441 g/mol. The van der Waals surface area contributed by atoms with Crippen molar-refractivity contribution < 1.29 is 9.53 Å². The highest BCUT2D eigenvalue weighted by Crippen LogP contribution is 2.30. The molecule has 0 radical (unpaired) electrons. The van der Waals surface area contributed by atoms with Crippen molar-refractivity contribution in [2.24, 2.45) is 0 Å². The van der Waals surface area contributed by atoms with Gasteiger partial charge in [-0.3, -0.25) is 4.79 Å². The SMILES string of the molecule is CC(C)Oc1ccc(C(CCN(Cc2ccc(Cl)cc2)C(=O)CCl)c2ccccc2)cc1. The molecular formula is C27H29Cl2NO2. The van der Waals surface area contributed by atoms with Crippen LogP contribution in [0.2, 0.25) is 5.02 Å². The topological polar surface area (TPSA) is 29.5 Å². The second-order valence-corrected chi connectivity index (χ2v) is 8.77. The highest BCUT2D eigenvalue weighted by atomic mass is 35.5. The van der Waals surface area contributed by atoms with Crippen molar-refractivity contribution in [2.75, 3.05) is 12.4 Å². The number of hydrogen-bond donors (Lipinski definition) is 0. The molecule has 0 bridgehead atoms. The van der Waals surface area contributed by atoms with Gasteiger partial charge in [0, 0.05) is 24.0 Å². The Morgan fingerprint density at radius 3 is 2.12 bits per heavy atom. The molecule has 0 saturated heterocycles. The van der Waals surface area contributed by atoms with E-state index in [4.69, 9.17) is 27.9 Å². The van der Waals surface area contributed by atoms with Gasteiger partial charge in [-0.2, -0.15) is 0 Å². The summed E-state index contributed by atoms with van der Waals surface area (Å²) in [5.41, 5.74) is 3.44. The molecule has 0 aliphatic rings. The highest BCUT2D eigenvalue weighted by Gasteiger charge is 2.19. The average Bonchev–Trinajstić information content (AvgIpc) is 2.80. The fraction of sp³-hybridized carbons (Fsp3) is 0.296. The van der Waals surface area contributed by atoms with E-state index in [2.05, 4.69) is 24.3 Å². The molecule has 3 nitrogen and oxygen atoms in total. The van der Waals surface area contributed by atoms with Crippen LogP contribution in [-0.4, -0.2) is 29.3 Å². The molecule has 3 rings (SSSR count). The smallest absolute Gasteiger partial charge is 0.237 e. The van der Waals surface area contributed by atoms with Crippen LogP contribution < -0.4 is 4.74 Å². The van der Waals surface area contributed by atoms with E-state index in [1.165, 1.54) is 11.1 Å². The Hall–Kier alpha value is -2.49. The third kappa shape index (κ3) is 7.01. The number of amides is 1. The van der Waals surface area contributed by atoms with Crippen LogP contribution in [0.25, 0.3) is 0 Å². The first kappa shape index (κ1) is 24.2. The Labute approximate surface area is 200 Å². The minimum atomic E-state index is -0.0749. The van der Waals surface area contributed by atoms with Crippen molar-refractivity contribution in [3.05, 3.63) is 101 Å². The highest BCUT2D eigenvalue weighted by molar-refractivity contribution is 6.30. The van der Waals surface area contributed by atoms with Gasteiger partial charge in [0.1, 0.15) is 11.6 Å². The first-order valence-corrected chi connectivity index (χ1v) is 11.8. The van der Waals surface area contributed by atoms with Crippen LogP contribution in [0.5, 0.6) is 5.75 Å². The van der Waals surface area contributed by atoms with Crippen LogP contribution in [0.3, 0.4) is 0 Å². The molecule has 0 N–H and O–H groups in total. The van der Waals surface area contributed by atoms with Crippen molar-refractivity contribution in [1.82, 2.24) is 4.90 Å². The van der Waals surface area contributed by atoms with Gasteiger partial charge in [0.15, 0.2) is 0 Å². The van der Waals surface area contributed by atoms with Gasteiger partial charge in [0.05, 0.1) is 6.10 Å². The van der Waals surface area contributed by atoms with Crippen LogP contribution >= 0.6 is 23.2 Å². The van der Waals surface area contributed by atoms with Gasteiger partial charge in [-0.05, 0) is 61.2 Å². The van der Waals surface area contributed by atoms with E-state index < -0.39 is 0 Å². The molecule has 3 aromatic carbocycles. The van der Waals surface area contributed by atoms with Gasteiger partial charge in [-0.15, -0.1) is 11.6 Å². The van der Waals surface area contributed by atoms with Gasteiger partial charge in [0.2, 0.25) is 5.91 Å². The van der Waals surface area contributed by atoms with Crippen molar-refractivity contribution in [3.8, 4) is 5.75 Å². The van der Waals surface area contributed by atoms with E-state index in [9.17, 15) is 4.79 Å². The normalized spacial score (nSPS) is 11.9. The number of hydrogen-bond acceptors (Lipinski definition) is 2. The summed E-state index contributed by atoms with van der Waals surface area (Å²) in [6.45, 7) is 5.14. The lowest BCUT2D eigenvalue weighted by Crippen LogP contribution is -2.33. The quantitative estimate of drug-likeness (QED) is 0.301. The fourth-order valence-corrected chi connectivity index (χ4v) is 4.03. The predicted octanol–water partition coefficient (Wildman–Crippen LogP) is 6.92. The lowest BCUT2D eigenvalue weighted by atomic mass is 9.88. The average molecular weight is 470 g/mol. The minimum Gasteiger partial charge on any atom is -0.491 e. The largest absolute Gasteiger partial charge is 0.491 e. The van der Waals surface area contributed by atoms with E-state index in [0.29, 0.717) is 18.1 Å². The summed E-state index contributed by atoms with van der Waals surface area (Å²) in [6, 6.07) is 26.2. The molecule has 1 atom stereocenters. The number of ether oxygens (including phenoxy) is 1. The number of carbonyl (C=O) groups excluding carboxylic acids is 1. The van der Waals surface area contributed by atoms with Crippen molar-refractivity contribution in [2.45, 2.75) is 38.8 Å². The Bertz CT molecular complexity index is 973. The van der Waals surface area contributed by atoms with Crippen LogP contribution in [-0.2, 0) is 11.3 Å². The first-order valence-electron chi connectivity index (χ1n) is 10.9. The Morgan fingerprint density at radius 2 is 1.53 bits per heavy atom. The zero-order chi connectivity index (χ0) is 22.9. The molecule has 0 aliphatic heterocycles. The lowest BCUT2D eigenvalue weighted by Gasteiger charge is -2.26. The number of nitrogens with zero attached hydrogens (tertiary/aromatic N) is 1.